The average Bonchev–Trinajstić information content (AvgIpc) is 2.79. The van der Waals surface area contributed by atoms with E-state index in [2.05, 4.69) is 15.6 Å². The minimum absolute atomic E-state index is 0.0803. The molecule has 0 radical (unpaired) electrons. The molecule has 1 heterocycles. The predicted octanol–water partition coefficient (Wildman–Crippen LogP) is 3.32. The Morgan fingerprint density at radius 1 is 0.968 bits per heavy atom. The van der Waals surface area contributed by atoms with Gasteiger partial charge in [0.15, 0.2) is 0 Å². The molecular weight excluding hydrogens is 414 g/mol. The molecule has 2 aromatic carbocycles. The Balaban J connectivity index is 1.69. The standard InChI is InChI=1S/C23H21N3O4S/c1-2-25-23(28)18-6-10-20(11-7-18)31(29,30)21-12-8-19(9-13-21)26-22(27)14-5-17-4-3-15-24-16-17/h3-16H,2H2,1H3,(H,25,28)(H,26,27). The van der Waals surface area contributed by atoms with Gasteiger partial charge in [-0.2, -0.15) is 0 Å². The monoisotopic (exact) mass is 435 g/mol. The van der Waals surface area contributed by atoms with Crippen molar-refractivity contribution < 1.29 is 18.0 Å². The van der Waals surface area contributed by atoms with Gasteiger partial charge in [-0.1, -0.05) is 6.07 Å². The number of pyridine rings is 1. The largest absolute Gasteiger partial charge is 0.352 e. The van der Waals surface area contributed by atoms with E-state index in [0.29, 0.717) is 17.8 Å². The number of rotatable bonds is 7. The zero-order valence-electron chi connectivity index (χ0n) is 16.8. The van der Waals surface area contributed by atoms with Crippen molar-refractivity contribution >= 4 is 33.4 Å². The lowest BCUT2D eigenvalue weighted by Gasteiger charge is -2.08. The van der Waals surface area contributed by atoms with Crippen molar-refractivity contribution in [3.63, 3.8) is 0 Å². The van der Waals surface area contributed by atoms with Crippen molar-refractivity contribution in [2.75, 3.05) is 11.9 Å². The summed E-state index contributed by atoms with van der Waals surface area (Å²) in [5.41, 5.74) is 1.64. The molecule has 2 amide bonds. The Kier molecular flexibility index (Phi) is 6.94. The molecule has 31 heavy (non-hydrogen) atoms. The van der Waals surface area contributed by atoms with Crippen LogP contribution in [0.1, 0.15) is 22.8 Å². The second kappa shape index (κ2) is 9.82. The topological polar surface area (TPSA) is 105 Å². The normalized spacial score (nSPS) is 11.3. The molecule has 0 bridgehead atoms. The molecule has 0 aliphatic rings. The zero-order valence-corrected chi connectivity index (χ0v) is 17.6. The molecule has 0 aliphatic carbocycles. The molecule has 0 saturated carbocycles. The maximum absolute atomic E-state index is 12.8. The highest BCUT2D eigenvalue weighted by Gasteiger charge is 2.18. The van der Waals surface area contributed by atoms with Crippen molar-refractivity contribution in [1.82, 2.24) is 10.3 Å². The molecule has 0 spiro atoms. The molecule has 0 atom stereocenters. The Morgan fingerprint density at radius 3 is 2.19 bits per heavy atom. The van der Waals surface area contributed by atoms with Gasteiger partial charge in [0.2, 0.25) is 15.7 Å². The minimum atomic E-state index is -3.75. The number of aromatic nitrogens is 1. The first-order valence-corrected chi connectivity index (χ1v) is 11.0. The summed E-state index contributed by atoms with van der Waals surface area (Å²) in [7, 11) is -3.75. The van der Waals surface area contributed by atoms with Crippen molar-refractivity contribution in [2.24, 2.45) is 0 Å². The molecule has 0 saturated heterocycles. The number of carbonyl (C=O) groups is 2. The second-order valence-electron chi connectivity index (χ2n) is 6.52. The first kappa shape index (κ1) is 21.9. The Bertz CT molecular complexity index is 1190. The predicted molar refractivity (Wildman–Crippen MR) is 118 cm³/mol. The van der Waals surface area contributed by atoms with Crippen molar-refractivity contribution in [1.29, 1.82) is 0 Å². The summed E-state index contributed by atoms with van der Waals surface area (Å²) in [5, 5.41) is 5.34. The number of hydrogen-bond donors (Lipinski definition) is 2. The Labute approximate surface area is 180 Å². The van der Waals surface area contributed by atoms with E-state index < -0.39 is 9.84 Å². The molecule has 7 nitrogen and oxygen atoms in total. The number of sulfone groups is 1. The van der Waals surface area contributed by atoms with Gasteiger partial charge < -0.3 is 10.6 Å². The van der Waals surface area contributed by atoms with Gasteiger partial charge in [-0.05, 0) is 73.2 Å². The van der Waals surface area contributed by atoms with E-state index >= 15 is 0 Å². The number of amides is 2. The highest BCUT2D eigenvalue weighted by Crippen LogP contribution is 2.23. The van der Waals surface area contributed by atoms with Gasteiger partial charge in [-0.25, -0.2) is 8.42 Å². The summed E-state index contributed by atoms with van der Waals surface area (Å²) in [4.78, 5) is 28.0. The van der Waals surface area contributed by atoms with Crippen LogP contribution < -0.4 is 10.6 Å². The lowest BCUT2D eigenvalue weighted by Crippen LogP contribution is -2.22. The van der Waals surface area contributed by atoms with Crippen LogP contribution in [-0.2, 0) is 14.6 Å². The van der Waals surface area contributed by atoms with Gasteiger partial charge in [0.05, 0.1) is 9.79 Å². The molecule has 8 heteroatoms. The summed E-state index contributed by atoms with van der Waals surface area (Å²) in [5.74, 6) is -0.607. The van der Waals surface area contributed by atoms with Crippen LogP contribution in [0.2, 0.25) is 0 Å². The Morgan fingerprint density at radius 2 is 1.61 bits per heavy atom. The third kappa shape index (κ3) is 5.64. The van der Waals surface area contributed by atoms with Crippen LogP contribution in [-0.4, -0.2) is 31.8 Å². The van der Waals surface area contributed by atoms with E-state index in [1.54, 1.807) is 31.5 Å². The molecule has 3 rings (SSSR count). The molecule has 0 unspecified atom stereocenters. The number of benzene rings is 2. The van der Waals surface area contributed by atoms with Gasteiger partial charge >= 0.3 is 0 Å². The molecule has 0 fully saturated rings. The number of nitrogens with zero attached hydrogens (tertiary/aromatic N) is 1. The number of nitrogens with one attached hydrogen (secondary N) is 2. The number of hydrogen-bond acceptors (Lipinski definition) is 5. The van der Waals surface area contributed by atoms with E-state index in [1.165, 1.54) is 54.6 Å². The molecule has 0 aliphatic heterocycles. The number of carbonyl (C=O) groups excluding carboxylic acids is 2. The smallest absolute Gasteiger partial charge is 0.251 e. The summed E-state index contributed by atoms with van der Waals surface area (Å²) >= 11 is 0. The number of anilines is 1. The van der Waals surface area contributed by atoms with Crippen LogP contribution in [0.3, 0.4) is 0 Å². The quantitative estimate of drug-likeness (QED) is 0.554. The minimum Gasteiger partial charge on any atom is -0.352 e. The summed E-state index contributed by atoms with van der Waals surface area (Å²) in [6.45, 7) is 2.29. The van der Waals surface area contributed by atoms with E-state index in [4.69, 9.17) is 0 Å². The van der Waals surface area contributed by atoms with Crippen LogP contribution in [0.25, 0.3) is 6.08 Å². The van der Waals surface area contributed by atoms with Crippen molar-refractivity contribution in [2.45, 2.75) is 16.7 Å². The van der Waals surface area contributed by atoms with Gasteiger partial charge in [-0.15, -0.1) is 0 Å². The fourth-order valence-corrected chi connectivity index (χ4v) is 3.99. The lowest BCUT2D eigenvalue weighted by atomic mass is 10.2. The molecule has 2 N–H and O–H groups in total. The fourth-order valence-electron chi connectivity index (χ4n) is 2.73. The highest BCUT2D eigenvalue weighted by atomic mass is 32.2. The fraction of sp³-hybridized carbons (Fsp3) is 0.0870. The molecule has 158 valence electrons. The van der Waals surface area contributed by atoms with Crippen LogP contribution in [0.5, 0.6) is 0 Å². The SMILES string of the molecule is CCNC(=O)c1ccc(S(=O)(=O)c2ccc(NC(=O)C=Cc3cccnc3)cc2)cc1. The van der Waals surface area contributed by atoms with Gasteiger partial charge in [0.25, 0.3) is 5.91 Å². The third-order valence-corrected chi connectivity index (χ3v) is 6.09. The van der Waals surface area contributed by atoms with E-state index in [9.17, 15) is 18.0 Å². The van der Waals surface area contributed by atoms with E-state index in [0.717, 1.165) is 5.56 Å². The third-order valence-electron chi connectivity index (χ3n) is 4.31. The summed E-state index contributed by atoms with van der Waals surface area (Å²) in [6.07, 6.45) is 6.28. The first-order valence-electron chi connectivity index (χ1n) is 9.52. The van der Waals surface area contributed by atoms with Gasteiger partial charge in [0, 0.05) is 36.3 Å². The van der Waals surface area contributed by atoms with E-state index in [-0.39, 0.29) is 21.6 Å². The summed E-state index contributed by atoms with van der Waals surface area (Å²) < 4.78 is 25.7. The lowest BCUT2D eigenvalue weighted by molar-refractivity contribution is -0.111. The molecule has 1 aromatic heterocycles. The van der Waals surface area contributed by atoms with Crippen molar-refractivity contribution in [3.05, 3.63) is 90.3 Å². The summed E-state index contributed by atoms with van der Waals surface area (Å²) in [6, 6.07) is 15.2. The average molecular weight is 436 g/mol. The highest BCUT2D eigenvalue weighted by molar-refractivity contribution is 7.91. The second-order valence-corrected chi connectivity index (χ2v) is 8.47. The van der Waals surface area contributed by atoms with Gasteiger partial charge in [0.1, 0.15) is 0 Å². The molecule has 3 aromatic rings. The van der Waals surface area contributed by atoms with Crippen LogP contribution >= 0.6 is 0 Å². The van der Waals surface area contributed by atoms with Gasteiger partial charge in [-0.3, -0.25) is 14.6 Å². The van der Waals surface area contributed by atoms with E-state index in [1.807, 2.05) is 6.07 Å². The zero-order chi connectivity index (χ0) is 22.3. The maximum Gasteiger partial charge on any atom is 0.251 e. The van der Waals surface area contributed by atoms with Crippen molar-refractivity contribution in [3.8, 4) is 0 Å². The molecular formula is C23H21N3O4S. The van der Waals surface area contributed by atoms with Crippen LogP contribution in [0, 0.1) is 0 Å². The van der Waals surface area contributed by atoms with Crippen LogP contribution in [0.15, 0.2) is 88.9 Å². The Hall–Kier alpha value is -3.78. The maximum atomic E-state index is 12.8. The van der Waals surface area contributed by atoms with Crippen LogP contribution in [0.4, 0.5) is 5.69 Å². The first-order chi connectivity index (χ1) is 14.9.